The molecule has 3 heteroatoms. The summed E-state index contributed by atoms with van der Waals surface area (Å²) in [4.78, 5) is 5.50. The molecule has 2 aliphatic rings. The number of imidazole rings is 1. The van der Waals surface area contributed by atoms with Crippen LogP contribution in [0.4, 0.5) is 0 Å². The van der Waals surface area contributed by atoms with Crippen LogP contribution in [0.15, 0.2) is 101 Å². The van der Waals surface area contributed by atoms with Crippen molar-refractivity contribution in [3.8, 4) is 17.1 Å². The summed E-state index contributed by atoms with van der Waals surface area (Å²) in [5, 5.41) is 7.19. The van der Waals surface area contributed by atoms with Crippen molar-refractivity contribution in [2.45, 2.75) is 89.9 Å². The van der Waals surface area contributed by atoms with Crippen LogP contribution in [-0.2, 0) is 21.7 Å². The van der Waals surface area contributed by atoms with Crippen molar-refractivity contribution in [1.29, 1.82) is 0 Å². The third-order valence-corrected chi connectivity index (χ3v) is 12.3. The Bertz CT molecular complexity index is 2710. The molecular weight excluding hydrogens is 609 g/mol. The van der Waals surface area contributed by atoms with E-state index in [1.165, 1.54) is 49.5 Å². The second-order valence-corrected chi connectivity index (χ2v) is 17.9. The fraction of sp³-hybridized carbons (Fsp3) is 0.298. The number of nitrogens with zero attached hydrogens (tertiary/aromatic N) is 2. The van der Waals surface area contributed by atoms with Crippen molar-refractivity contribution < 1.29 is 4.42 Å². The zero-order valence-corrected chi connectivity index (χ0v) is 30.5. The molecule has 2 aromatic heterocycles. The van der Waals surface area contributed by atoms with Gasteiger partial charge in [0, 0.05) is 10.8 Å². The molecule has 0 fully saturated rings. The first-order valence-electron chi connectivity index (χ1n) is 18.2. The lowest BCUT2D eigenvalue weighted by Crippen LogP contribution is -2.22. The molecule has 0 N–H and O–H groups in total. The SMILES string of the molecule is CC1(C)CC(C)(C)c2c1cc1c(c2-n2c(-c3cccc4c3oc3cc5c(ccc6ccccc65)cc34)nc3ccccc32)C(C)(C)CC1(C)C. The molecule has 0 unspecified atom stereocenters. The van der Waals surface area contributed by atoms with E-state index in [0.717, 1.165) is 57.2 Å². The van der Waals surface area contributed by atoms with Crippen LogP contribution in [0.25, 0.3) is 71.6 Å². The molecule has 0 saturated carbocycles. The summed E-state index contributed by atoms with van der Waals surface area (Å²) in [7, 11) is 0. The molecule has 248 valence electrons. The zero-order chi connectivity index (χ0) is 34.5. The highest BCUT2D eigenvalue weighted by atomic mass is 16.3. The van der Waals surface area contributed by atoms with E-state index in [-0.39, 0.29) is 21.7 Å². The Kier molecular flexibility index (Phi) is 5.67. The number of aromatic nitrogens is 2. The Balaban J connectivity index is 1.34. The third kappa shape index (κ3) is 3.89. The summed E-state index contributed by atoms with van der Waals surface area (Å²) in [6.45, 7) is 19.6. The molecule has 8 aromatic rings. The molecular formula is C47H44N2O. The molecule has 2 aliphatic carbocycles. The zero-order valence-electron chi connectivity index (χ0n) is 30.5. The molecule has 0 radical (unpaired) electrons. The van der Waals surface area contributed by atoms with E-state index >= 15 is 0 Å². The Morgan fingerprint density at radius 1 is 0.560 bits per heavy atom. The summed E-state index contributed by atoms with van der Waals surface area (Å²) in [6.07, 6.45) is 2.21. The van der Waals surface area contributed by atoms with E-state index in [2.05, 4.69) is 157 Å². The predicted octanol–water partition coefficient (Wildman–Crippen LogP) is 12.8. The van der Waals surface area contributed by atoms with Gasteiger partial charge in [-0.1, -0.05) is 122 Å². The van der Waals surface area contributed by atoms with Gasteiger partial charge in [-0.3, -0.25) is 4.57 Å². The maximum atomic E-state index is 6.96. The van der Waals surface area contributed by atoms with Crippen LogP contribution in [0.2, 0.25) is 0 Å². The first-order valence-corrected chi connectivity index (χ1v) is 18.2. The maximum Gasteiger partial charge on any atom is 0.149 e. The van der Waals surface area contributed by atoms with Gasteiger partial charge < -0.3 is 4.42 Å². The maximum absolute atomic E-state index is 6.96. The predicted molar refractivity (Wildman–Crippen MR) is 210 cm³/mol. The molecule has 0 atom stereocenters. The Labute approximate surface area is 293 Å². The standard InChI is InChI=1S/C47H44N2O/c1-44(2)25-46(5,6)39-34(44)24-35-40(47(7,8)26-45(35,3)4)41(39)49-37-19-12-11-18-36(37)48-43(49)31-17-13-16-30-33-22-28-21-20-27-14-9-10-15-29(27)32(28)23-38(33)50-42(30)31/h9-24H,25-26H2,1-8H3. The first-order chi connectivity index (χ1) is 23.8. The molecule has 0 bridgehead atoms. The molecule has 6 aromatic carbocycles. The van der Waals surface area contributed by atoms with E-state index in [1.807, 2.05) is 0 Å². The second kappa shape index (κ2) is 9.46. The van der Waals surface area contributed by atoms with Crippen LogP contribution >= 0.6 is 0 Å². The Morgan fingerprint density at radius 3 is 1.94 bits per heavy atom. The van der Waals surface area contributed by atoms with Crippen LogP contribution < -0.4 is 0 Å². The van der Waals surface area contributed by atoms with Crippen molar-refractivity contribution in [1.82, 2.24) is 9.55 Å². The van der Waals surface area contributed by atoms with Gasteiger partial charge in [-0.2, -0.15) is 0 Å². The number of hydrogen-bond acceptors (Lipinski definition) is 2. The number of furan rings is 1. The largest absolute Gasteiger partial charge is 0.455 e. The van der Waals surface area contributed by atoms with Crippen LogP contribution in [0.1, 0.15) is 90.5 Å². The van der Waals surface area contributed by atoms with E-state index in [1.54, 1.807) is 0 Å². The van der Waals surface area contributed by atoms with Gasteiger partial charge in [0.1, 0.15) is 17.0 Å². The lowest BCUT2D eigenvalue weighted by molar-refractivity contribution is 0.394. The van der Waals surface area contributed by atoms with E-state index < -0.39 is 0 Å². The van der Waals surface area contributed by atoms with Crippen molar-refractivity contribution in [3.63, 3.8) is 0 Å². The van der Waals surface area contributed by atoms with Crippen molar-refractivity contribution in [3.05, 3.63) is 119 Å². The summed E-state index contributed by atoms with van der Waals surface area (Å²) < 4.78 is 9.49. The number of hydrogen-bond donors (Lipinski definition) is 0. The van der Waals surface area contributed by atoms with Gasteiger partial charge in [0.15, 0.2) is 0 Å². The average Bonchev–Trinajstić information content (AvgIpc) is 3.73. The molecule has 10 rings (SSSR count). The van der Waals surface area contributed by atoms with Crippen LogP contribution in [0, 0.1) is 0 Å². The van der Waals surface area contributed by atoms with Gasteiger partial charge in [0.25, 0.3) is 0 Å². The number of benzene rings is 6. The molecule has 0 saturated heterocycles. The van der Waals surface area contributed by atoms with E-state index in [4.69, 9.17) is 9.40 Å². The van der Waals surface area contributed by atoms with Gasteiger partial charge in [-0.25, -0.2) is 4.98 Å². The fourth-order valence-electron chi connectivity index (χ4n) is 10.8. The van der Waals surface area contributed by atoms with Crippen molar-refractivity contribution >= 4 is 54.5 Å². The fourth-order valence-corrected chi connectivity index (χ4v) is 10.8. The second-order valence-electron chi connectivity index (χ2n) is 17.9. The smallest absolute Gasteiger partial charge is 0.149 e. The monoisotopic (exact) mass is 652 g/mol. The van der Waals surface area contributed by atoms with Crippen molar-refractivity contribution in [2.24, 2.45) is 0 Å². The summed E-state index contributed by atoms with van der Waals surface area (Å²) in [5.41, 5.74) is 12.4. The van der Waals surface area contributed by atoms with Gasteiger partial charge >= 0.3 is 0 Å². The Hall–Kier alpha value is -4.89. The molecule has 0 aliphatic heterocycles. The third-order valence-electron chi connectivity index (χ3n) is 12.3. The minimum absolute atomic E-state index is 0.0110. The van der Waals surface area contributed by atoms with Crippen molar-refractivity contribution in [2.75, 3.05) is 0 Å². The summed E-state index contributed by atoms with van der Waals surface area (Å²) in [5.74, 6) is 0.947. The van der Waals surface area contributed by atoms with Crippen LogP contribution in [0.3, 0.4) is 0 Å². The molecule has 2 heterocycles. The Morgan fingerprint density at radius 2 is 1.20 bits per heavy atom. The quantitative estimate of drug-likeness (QED) is 0.174. The summed E-state index contributed by atoms with van der Waals surface area (Å²) in [6, 6.07) is 35.5. The number of rotatable bonds is 2. The van der Waals surface area contributed by atoms with E-state index in [9.17, 15) is 0 Å². The van der Waals surface area contributed by atoms with E-state index in [0.29, 0.717) is 0 Å². The van der Waals surface area contributed by atoms with Crippen LogP contribution in [0.5, 0.6) is 0 Å². The lowest BCUT2D eigenvalue weighted by Gasteiger charge is -2.31. The minimum atomic E-state index is -0.0110. The highest BCUT2D eigenvalue weighted by molar-refractivity contribution is 6.17. The topological polar surface area (TPSA) is 31.0 Å². The highest BCUT2D eigenvalue weighted by Crippen LogP contribution is 2.60. The minimum Gasteiger partial charge on any atom is -0.455 e. The van der Waals surface area contributed by atoms with Gasteiger partial charge in [-0.15, -0.1) is 0 Å². The summed E-state index contributed by atoms with van der Waals surface area (Å²) >= 11 is 0. The van der Waals surface area contributed by atoms with Crippen LogP contribution in [-0.4, -0.2) is 9.55 Å². The average molecular weight is 653 g/mol. The number of para-hydroxylation sites is 3. The molecule has 50 heavy (non-hydrogen) atoms. The van der Waals surface area contributed by atoms with Gasteiger partial charge in [0.2, 0.25) is 0 Å². The molecule has 0 spiro atoms. The highest BCUT2D eigenvalue weighted by Gasteiger charge is 2.51. The van der Waals surface area contributed by atoms with Gasteiger partial charge in [0.05, 0.1) is 22.3 Å². The normalized spacial score (nSPS) is 18.5. The molecule has 3 nitrogen and oxygen atoms in total. The van der Waals surface area contributed by atoms with Gasteiger partial charge in [-0.05, 0) is 109 Å². The molecule has 0 amide bonds. The lowest BCUT2D eigenvalue weighted by atomic mass is 9.78. The first kappa shape index (κ1) is 30.0. The number of fused-ring (bicyclic) bond motifs is 9.